The largest absolute Gasteiger partial charge is 0.491 e. The van der Waals surface area contributed by atoms with Crippen LogP contribution in [0.5, 0.6) is 5.88 Å². The fourth-order valence-electron chi connectivity index (χ4n) is 3.32. The van der Waals surface area contributed by atoms with Crippen LogP contribution in [0.15, 0.2) is 65.2 Å². The second kappa shape index (κ2) is 9.44. The van der Waals surface area contributed by atoms with Crippen LogP contribution < -0.4 is 5.32 Å². The molecule has 8 nitrogen and oxygen atoms in total. The Morgan fingerprint density at radius 3 is 2.29 bits per heavy atom. The number of carbonyl (C=O) groups excluding carboxylic acids is 1. The third-order valence-electron chi connectivity index (χ3n) is 5.16. The molecule has 3 rings (SSSR count). The van der Waals surface area contributed by atoms with Gasteiger partial charge in [0, 0.05) is 6.04 Å². The van der Waals surface area contributed by atoms with Gasteiger partial charge < -0.3 is 25.2 Å². The van der Waals surface area contributed by atoms with Crippen molar-refractivity contribution < 1.29 is 29.4 Å². The molecule has 1 amide bonds. The molecule has 0 saturated heterocycles. The predicted octanol–water partition coefficient (Wildman–Crippen LogP) is 2.86. The molecule has 1 unspecified atom stereocenters. The molecule has 2 aromatic carbocycles. The summed E-state index contributed by atoms with van der Waals surface area (Å²) < 4.78 is 4.77. The minimum Gasteiger partial charge on any atom is -0.491 e. The van der Waals surface area contributed by atoms with Crippen molar-refractivity contribution in [1.82, 2.24) is 10.5 Å². The lowest BCUT2D eigenvalue weighted by Gasteiger charge is -2.28. The summed E-state index contributed by atoms with van der Waals surface area (Å²) in [4.78, 5) is 24.1. The maximum absolute atomic E-state index is 12.5. The molecule has 0 spiro atoms. The third kappa shape index (κ3) is 5.49. The highest BCUT2D eigenvalue weighted by atomic mass is 16.5. The van der Waals surface area contributed by atoms with Crippen molar-refractivity contribution in [2.45, 2.75) is 25.8 Å². The van der Waals surface area contributed by atoms with Gasteiger partial charge in [0.2, 0.25) is 5.76 Å². The molecule has 0 bridgehead atoms. The normalized spacial score (nSPS) is 13.9. The summed E-state index contributed by atoms with van der Waals surface area (Å²) in [7, 11) is 0. The van der Waals surface area contributed by atoms with E-state index in [1.54, 1.807) is 0 Å². The Bertz CT molecular complexity index is 1030. The van der Waals surface area contributed by atoms with E-state index in [1.807, 2.05) is 54.6 Å². The van der Waals surface area contributed by atoms with Gasteiger partial charge in [0.05, 0.1) is 18.1 Å². The van der Waals surface area contributed by atoms with Gasteiger partial charge in [0.15, 0.2) is 0 Å². The molecule has 1 aromatic heterocycles. The third-order valence-corrected chi connectivity index (χ3v) is 5.16. The van der Waals surface area contributed by atoms with Crippen molar-refractivity contribution in [3.05, 3.63) is 72.0 Å². The molecule has 1 heterocycles. The summed E-state index contributed by atoms with van der Waals surface area (Å²) in [6.07, 6.45) is 0.328. The maximum atomic E-state index is 12.5. The summed E-state index contributed by atoms with van der Waals surface area (Å²) in [5.74, 6) is -2.41. The van der Waals surface area contributed by atoms with Crippen molar-refractivity contribution in [3.63, 3.8) is 0 Å². The molecule has 0 saturated carbocycles. The van der Waals surface area contributed by atoms with Crippen molar-refractivity contribution in [1.29, 1.82) is 0 Å². The average Bonchev–Trinajstić information content (AvgIpc) is 3.21. The molecule has 0 aliphatic carbocycles. The highest BCUT2D eigenvalue weighted by molar-refractivity contribution is 5.91. The Labute approximate surface area is 179 Å². The zero-order valence-electron chi connectivity index (χ0n) is 17.0. The zero-order valence-corrected chi connectivity index (χ0v) is 17.0. The van der Waals surface area contributed by atoms with Crippen molar-refractivity contribution >= 4 is 11.9 Å². The number of aromatic nitrogens is 1. The minimum absolute atomic E-state index is 0.00880. The Kier molecular flexibility index (Phi) is 6.71. The van der Waals surface area contributed by atoms with Gasteiger partial charge in [-0.05, 0) is 41.6 Å². The lowest BCUT2D eigenvalue weighted by atomic mass is 9.82. The first-order chi connectivity index (χ1) is 14.8. The molecule has 3 aromatic rings. The second-order valence-corrected chi connectivity index (χ2v) is 7.71. The van der Waals surface area contributed by atoms with Gasteiger partial charge in [-0.1, -0.05) is 54.6 Å². The van der Waals surface area contributed by atoms with Gasteiger partial charge in [-0.15, -0.1) is 0 Å². The van der Waals surface area contributed by atoms with E-state index in [2.05, 4.69) is 10.5 Å². The topological polar surface area (TPSA) is 133 Å². The van der Waals surface area contributed by atoms with E-state index in [-0.39, 0.29) is 12.2 Å². The molecule has 0 aliphatic rings. The molecule has 0 fully saturated rings. The van der Waals surface area contributed by atoms with Crippen molar-refractivity contribution in [2.24, 2.45) is 5.41 Å². The van der Waals surface area contributed by atoms with E-state index in [4.69, 9.17) is 4.52 Å². The maximum Gasteiger partial charge on any atom is 0.311 e. The summed E-state index contributed by atoms with van der Waals surface area (Å²) in [5.41, 5.74) is 1.55. The summed E-state index contributed by atoms with van der Waals surface area (Å²) in [6.45, 7) is 0.845. The number of nitrogens with one attached hydrogen (secondary N) is 1. The molecule has 0 radical (unpaired) electrons. The van der Waals surface area contributed by atoms with Crippen molar-refractivity contribution in [2.75, 3.05) is 6.61 Å². The lowest BCUT2D eigenvalue weighted by Crippen LogP contribution is -2.44. The number of nitrogens with zero attached hydrogens (tertiary/aromatic N) is 1. The van der Waals surface area contributed by atoms with E-state index in [0.29, 0.717) is 6.42 Å². The summed E-state index contributed by atoms with van der Waals surface area (Å²) in [5, 5.41) is 34.5. The molecule has 2 atom stereocenters. The molecule has 8 heteroatoms. The van der Waals surface area contributed by atoms with Crippen LogP contribution in [0.2, 0.25) is 0 Å². The van der Waals surface area contributed by atoms with Gasteiger partial charge in [-0.2, -0.15) is 0 Å². The zero-order chi connectivity index (χ0) is 22.4. The number of amides is 1. The predicted molar refractivity (Wildman–Crippen MR) is 112 cm³/mol. The molecular weight excluding hydrogens is 400 g/mol. The van der Waals surface area contributed by atoms with Crippen LogP contribution in [0.1, 0.15) is 29.5 Å². The van der Waals surface area contributed by atoms with Gasteiger partial charge in [-0.3, -0.25) is 9.59 Å². The number of hydrogen-bond donors (Lipinski definition) is 4. The number of carboxylic acids is 1. The van der Waals surface area contributed by atoms with E-state index in [9.17, 15) is 24.9 Å². The number of carboxylic acid groups (broad SMARTS) is 1. The van der Waals surface area contributed by atoms with E-state index in [0.717, 1.165) is 22.8 Å². The van der Waals surface area contributed by atoms with E-state index >= 15 is 0 Å². The number of carbonyl (C=O) groups is 2. The van der Waals surface area contributed by atoms with Crippen LogP contribution in [-0.4, -0.2) is 45.0 Å². The van der Waals surface area contributed by atoms with Crippen LogP contribution in [0.3, 0.4) is 0 Å². The van der Waals surface area contributed by atoms with Gasteiger partial charge >= 0.3 is 5.97 Å². The number of benzene rings is 2. The fraction of sp³-hybridized carbons (Fsp3) is 0.261. The Hall–Kier alpha value is -3.65. The molecule has 0 aliphatic heterocycles. The first kappa shape index (κ1) is 22.0. The Morgan fingerprint density at radius 1 is 1.10 bits per heavy atom. The molecular formula is C23H24N2O6. The Balaban J connectivity index is 1.80. The van der Waals surface area contributed by atoms with Crippen LogP contribution in [-0.2, 0) is 11.2 Å². The van der Waals surface area contributed by atoms with Gasteiger partial charge in [-0.25, -0.2) is 0 Å². The first-order valence-corrected chi connectivity index (χ1v) is 9.76. The number of aliphatic hydroxyl groups excluding tert-OH is 1. The SMILES string of the molecule is CC(CO)(C[C@@H](Cc1ccc(-c2ccccc2)cc1)NC(=O)c1cc(O)no1)C(=O)O. The molecule has 31 heavy (non-hydrogen) atoms. The van der Waals surface area contributed by atoms with E-state index < -0.39 is 35.8 Å². The van der Waals surface area contributed by atoms with Crippen LogP contribution in [0.25, 0.3) is 11.1 Å². The average molecular weight is 424 g/mol. The number of aliphatic carboxylic acids is 1. The minimum atomic E-state index is -1.44. The summed E-state index contributed by atoms with van der Waals surface area (Å²) >= 11 is 0. The van der Waals surface area contributed by atoms with Crippen LogP contribution in [0, 0.1) is 5.41 Å². The van der Waals surface area contributed by atoms with Crippen LogP contribution in [0.4, 0.5) is 0 Å². The monoisotopic (exact) mass is 424 g/mol. The quantitative estimate of drug-likeness (QED) is 0.415. The smallest absolute Gasteiger partial charge is 0.311 e. The van der Waals surface area contributed by atoms with Gasteiger partial charge in [0.1, 0.15) is 0 Å². The number of rotatable bonds is 9. The van der Waals surface area contributed by atoms with Crippen LogP contribution >= 0.6 is 0 Å². The highest BCUT2D eigenvalue weighted by Crippen LogP contribution is 2.26. The fourth-order valence-corrected chi connectivity index (χ4v) is 3.32. The lowest BCUT2D eigenvalue weighted by molar-refractivity contribution is -0.151. The summed E-state index contributed by atoms with van der Waals surface area (Å²) in [6, 6.07) is 18.1. The standard InChI is InChI=1S/C23H24N2O6/c1-23(14-26,22(29)30)13-18(24-21(28)19-12-20(27)25-31-19)11-15-7-9-17(10-8-15)16-5-3-2-4-6-16/h2-10,12,18,26H,11,13-14H2,1H3,(H,24,28)(H,25,27)(H,29,30)/t18-,23?/m1/s1. The van der Waals surface area contributed by atoms with Gasteiger partial charge in [0.25, 0.3) is 11.8 Å². The second-order valence-electron chi connectivity index (χ2n) is 7.71. The van der Waals surface area contributed by atoms with Crippen molar-refractivity contribution in [3.8, 4) is 17.0 Å². The number of aromatic hydroxyl groups is 1. The van der Waals surface area contributed by atoms with E-state index in [1.165, 1.54) is 6.92 Å². The molecule has 162 valence electrons. The highest BCUT2D eigenvalue weighted by Gasteiger charge is 2.36. The first-order valence-electron chi connectivity index (χ1n) is 9.76. The number of aliphatic hydroxyl groups is 1. The number of hydrogen-bond acceptors (Lipinski definition) is 6. The molecule has 4 N–H and O–H groups in total. The Morgan fingerprint density at radius 2 is 1.74 bits per heavy atom.